The molecule has 3 amide bonds. The predicted molar refractivity (Wildman–Crippen MR) is 125 cm³/mol. The van der Waals surface area contributed by atoms with Gasteiger partial charge < -0.3 is 20.9 Å². The molecule has 0 spiro atoms. The molecule has 3 atom stereocenters. The lowest BCUT2D eigenvalue weighted by molar-refractivity contribution is 0.0932. The van der Waals surface area contributed by atoms with Crippen molar-refractivity contribution in [3.05, 3.63) is 54.0 Å². The first kappa shape index (κ1) is 21.4. The van der Waals surface area contributed by atoms with E-state index in [2.05, 4.69) is 38.1 Å². The van der Waals surface area contributed by atoms with Gasteiger partial charge in [0, 0.05) is 28.8 Å². The van der Waals surface area contributed by atoms with Crippen molar-refractivity contribution in [2.75, 3.05) is 24.2 Å². The van der Waals surface area contributed by atoms with Crippen LogP contribution in [0.1, 0.15) is 36.2 Å². The van der Waals surface area contributed by atoms with Crippen molar-refractivity contribution in [3.63, 3.8) is 0 Å². The number of piperidine rings is 1. The maximum atomic E-state index is 13.0. The molecular formula is C24H27FN6O2. The van der Waals surface area contributed by atoms with Crippen LogP contribution in [-0.2, 0) is 0 Å². The molecule has 0 bridgehead atoms. The number of hydrogen-bond donors (Lipinski definition) is 4. The van der Waals surface area contributed by atoms with Gasteiger partial charge in [0.15, 0.2) is 5.69 Å². The predicted octanol–water partition coefficient (Wildman–Crippen LogP) is 3.95. The molecule has 2 unspecified atom stereocenters. The number of halogens is 1. The number of likely N-dealkylation sites (tertiary alicyclic amines) is 1. The molecule has 0 radical (unpaired) electrons. The Kier molecular flexibility index (Phi) is 5.72. The van der Waals surface area contributed by atoms with Crippen LogP contribution in [0.2, 0.25) is 0 Å². The van der Waals surface area contributed by atoms with Gasteiger partial charge in [-0.15, -0.1) is 0 Å². The quantitative estimate of drug-likeness (QED) is 0.483. The largest absolute Gasteiger partial charge is 0.348 e. The first-order valence-corrected chi connectivity index (χ1v) is 11.3. The Hall–Kier alpha value is -3.46. The van der Waals surface area contributed by atoms with Gasteiger partial charge in [-0.1, -0.05) is 0 Å². The Bertz CT molecular complexity index is 1180. The van der Waals surface area contributed by atoms with Crippen molar-refractivity contribution in [2.24, 2.45) is 5.92 Å². The number of aromatic nitrogens is 2. The standard InChI is InChI=1S/C24H27FN6O2/c1-31-10-2-3-14-11-18(13-21(14)31)26-23(32)22-19-12-17(8-9-20(19)29-30-22)28-24(33)27-16-6-4-15(25)5-7-16/h4-9,12,14,18,21H,2-3,10-11,13H2,1H3,(H,26,32)(H,29,30)(H2,27,28,33)/t14?,18-,21?/m1/s1. The Morgan fingerprint density at radius 3 is 2.64 bits per heavy atom. The maximum absolute atomic E-state index is 13.0. The molecule has 1 aliphatic heterocycles. The van der Waals surface area contributed by atoms with E-state index in [1.165, 1.54) is 37.1 Å². The number of H-pyrrole nitrogens is 1. The summed E-state index contributed by atoms with van der Waals surface area (Å²) in [6, 6.07) is 10.9. The zero-order valence-corrected chi connectivity index (χ0v) is 18.4. The van der Waals surface area contributed by atoms with E-state index in [0.29, 0.717) is 39.9 Å². The van der Waals surface area contributed by atoms with Crippen LogP contribution < -0.4 is 16.0 Å². The highest BCUT2D eigenvalue weighted by molar-refractivity contribution is 6.07. The number of hydrogen-bond acceptors (Lipinski definition) is 4. The molecule has 1 saturated heterocycles. The SMILES string of the molecule is CN1CCCC2C[C@@H](NC(=O)c3n[nH]c4ccc(NC(=O)Nc5ccc(F)cc5)cc34)CC21. The Morgan fingerprint density at radius 1 is 1.09 bits per heavy atom. The topological polar surface area (TPSA) is 102 Å². The molecule has 8 nitrogen and oxygen atoms in total. The third kappa shape index (κ3) is 4.54. The first-order chi connectivity index (χ1) is 16.0. The molecular weight excluding hydrogens is 423 g/mol. The second-order valence-corrected chi connectivity index (χ2v) is 9.01. The average molecular weight is 451 g/mol. The van der Waals surface area contributed by atoms with Gasteiger partial charge in [0.1, 0.15) is 5.82 Å². The normalized spacial score (nSPS) is 22.7. The first-order valence-electron chi connectivity index (χ1n) is 11.3. The minimum atomic E-state index is -0.465. The Labute approximate surface area is 190 Å². The van der Waals surface area contributed by atoms with Crippen LogP contribution in [0.5, 0.6) is 0 Å². The summed E-state index contributed by atoms with van der Waals surface area (Å²) in [5, 5.41) is 16.3. The molecule has 3 aromatic rings. The van der Waals surface area contributed by atoms with Crippen molar-refractivity contribution in [1.29, 1.82) is 0 Å². The van der Waals surface area contributed by atoms with Gasteiger partial charge in [0.05, 0.1) is 5.52 Å². The molecule has 9 heteroatoms. The molecule has 1 aromatic heterocycles. The molecule has 172 valence electrons. The molecule has 2 aromatic carbocycles. The number of urea groups is 1. The fraction of sp³-hybridized carbons (Fsp3) is 0.375. The molecule has 4 N–H and O–H groups in total. The lowest BCUT2D eigenvalue weighted by atomic mass is 9.92. The number of amides is 3. The molecule has 2 aliphatic rings. The molecule has 1 saturated carbocycles. The molecule has 33 heavy (non-hydrogen) atoms. The number of nitrogens with one attached hydrogen (secondary N) is 4. The maximum Gasteiger partial charge on any atom is 0.323 e. The summed E-state index contributed by atoms with van der Waals surface area (Å²) in [6.45, 7) is 1.12. The number of fused-ring (bicyclic) bond motifs is 2. The highest BCUT2D eigenvalue weighted by Crippen LogP contribution is 2.36. The number of nitrogens with zero attached hydrogens (tertiary/aromatic N) is 2. The van der Waals surface area contributed by atoms with Crippen LogP contribution in [0, 0.1) is 11.7 Å². The summed E-state index contributed by atoms with van der Waals surface area (Å²) in [4.78, 5) is 27.8. The van der Waals surface area contributed by atoms with Gasteiger partial charge >= 0.3 is 6.03 Å². The summed E-state index contributed by atoms with van der Waals surface area (Å²) in [5.74, 6) is 0.0569. The van der Waals surface area contributed by atoms with E-state index in [1.807, 2.05) is 0 Å². The summed E-state index contributed by atoms with van der Waals surface area (Å²) < 4.78 is 13.0. The number of carbonyl (C=O) groups is 2. The fourth-order valence-corrected chi connectivity index (χ4v) is 5.18. The van der Waals surface area contributed by atoms with Gasteiger partial charge in [-0.05, 0) is 87.7 Å². The molecule has 2 fully saturated rings. The van der Waals surface area contributed by atoms with E-state index < -0.39 is 6.03 Å². The van der Waals surface area contributed by atoms with E-state index in [4.69, 9.17) is 0 Å². The van der Waals surface area contributed by atoms with E-state index in [1.54, 1.807) is 18.2 Å². The minimum Gasteiger partial charge on any atom is -0.348 e. The number of aromatic amines is 1. The van der Waals surface area contributed by atoms with Gasteiger partial charge in [-0.2, -0.15) is 5.10 Å². The summed E-state index contributed by atoms with van der Waals surface area (Å²) >= 11 is 0. The van der Waals surface area contributed by atoms with Gasteiger partial charge in [-0.25, -0.2) is 9.18 Å². The highest BCUT2D eigenvalue weighted by atomic mass is 19.1. The second kappa shape index (κ2) is 8.82. The fourth-order valence-electron chi connectivity index (χ4n) is 5.18. The summed E-state index contributed by atoms with van der Waals surface area (Å²) in [6.07, 6.45) is 4.40. The molecule has 1 aliphatic carbocycles. The zero-order valence-electron chi connectivity index (χ0n) is 18.4. The molecule has 5 rings (SSSR count). The summed E-state index contributed by atoms with van der Waals surface area (Å²) in [5.41, 5.74) is 2.02. The number of anilines is 2. The van der Waals surface area contributed by atoms with Gasteiger partial charge in [0.25, 0.3) is 5.91 Å². The van der Waals surface area contributed by atoms with Crippen molar-refractivity contribution < 1.29 is 14.0 Å². The number of carbonyl (C=O) groups excluding carboxylic acids is 2. The Balaban J connectivity index is 1.26. The smallest absolute Gasteiger partial charge is 0.323 e. The van der Waals surface area contributed by atoms with E-state index in [9.17, 15) is 14.0 Å². The van der Waals surface area contributed by atoms with E-state index >= 15 is 0 Å². The Morgan fingerprint density at radius 2 is 1.85 bits per heavy atom. The van der Waals surface area contributed by atoms with Crippen molar-refractivity contribution in [2.45, 2.75) is 37.8 Å². The monoisotopic (exact) mass is 450 g/mol. The third-order valence-corrected chi connectivity index (χ3v) is 6.78. The van der Waals surface area contributed by atoms with Crippen molar-refractivity contribution in [1.82, 2.24) is 20.4 Å². The zero-order chi connectivity index (χ0) is 22.9. The van der Waals surface area contributed by atoms with Crippen LogP contribution in [0.3, 0.4) is 0 Å². The van der Waals surface area contributed by atoms with Crippen LogP contribution in [0.15, 0.2) is 42.5 Å². The average Bonchev–Trinajstić information content (AvgIpc) is 3.39. The van der Waals surface area contributed by atoms with Crippen molar-refractivity contribution in [3.8, 4) is 0 Å². The van der Waals surface area contributed by atoms with E-state index in [-0.39, 0.29) is 17.8 Å². The second-order valence-electron chi connectivity index (χ2n) is 9.01. The third-order valence-electron chi connectivity index (χ3n) is 6.78. The lowest BCUT2D eigenvalue weighted by Gasteiger charge is -2.34. The van der Waals surface area contributed by atoms with Crippen LogP contribution in [-0.4, -0.2) is 52.7 Å². The number of benzene rings is 2. The number of rotatable bonds is 4. The van der Waals surface area contributed by atoms with Crippen LogP contribution >= 0.6 is 0 Å². The highest BCUT2D eigenvalue weighted by Gasteiger charge is 2.39. The van der Waals surface area contributed by atoms with Crippen molar-refractivity contribution >= 4 is 34.2 Å². The lowest BCUT2D eigenvalue weighted by Crippen LogP contribution is -2.40. The van der Waals surface area contributed by atoms with Gasteiger partial charge in [0.2, 0.25) is 0 Å². The minimum absolute atomic E-state index is 0.141. The van der Waals surface area contributed by atoms with Gasteiger partial charge in [-0.3, -0.25) is 9.89 Å². The van der Waals surface area contributed by atoms with Crippen LogP contribution in [0.4, 0.5) is 20.6 Å². The molecule has 2 heterocycles. The summed E-state index contributed by atoms with van der Waals surface area (Å²) in [7, 11) is 2.17. The van der Waals surface area contributed by atoms with E-state index in [0.717, 1.165) is 19.4 Å². The van der Waals surface area contributed by atoms with Crippen LogP contribution in [0.25, 0.3) is 10.9 Å².